The Bertz CT molecular complexity index is 523. The number of hydrogen-bond acceptors (Lipinski definition) is 4. The van der Waals surface area contributed by atoms with Gasteiger partial charge in [-0.15, -0.1) is 0 Å². The predicted octanol–water partition coefficient (Wildman–Crippen LogP) is 3.85. The maximum atomic E-state index is 11.6. The third kappa shape index (κ3) is 4.66. The average molecular weight is 378 g/mol. The van der Waals surface area contributed by atoms with Crippen LogP contribution in [0.4, 0.5) is 16.2 Å². The second-order valence-corrected chi connectivity index (χ2v) is 6.16. The van der Waals surface area contributed by atoms with Crippen LogP contribution in [-0.2, 0) is 4.74 Å². The molecule has 1 aromatic carbocycles. The first kappa shape index (κ1) is 15.7. The van der Waals surface area contributed by atoms with Crippen molar-refractivity contribution in [3.63, 3.8) is 0 Å². The smallest absolute Gasteiger partial charge is 0.412 e. The number of ether oxygens (including phenoxy) is 1. The zero-order valence-corrected chi connectivity index (χ0v) is 13.3. The molecule has 0 unspecified atom stereocenters. The first-order chi connectivity index (χ1) is 8.60. The molecule has 0 bridgehead atoms. The average Bonchev–Trinajstić information content (AvgIpc) is 2.19. The Balaban J connectivity index is 2.95. The molecule has 0 aromatic heterocycles. The molecule has 0 atom stereocenters. The number of benzene rings is 1. The van der Waals surface area contributed by atoms with Gasteiger partial charge in [-0.1, -0.05) is 0 Å². The lowest BCUT2D eigenvalue weighted by molar-refractivity contribution is -0.385. The molecule has 0 radical (unpaired) electrons. The Morgan fingerprint density at radius 1 is 1.42 bits per heavy atom. The summed E-state index contributed by atoms with van der Waals surface area (Å²) in [5, 5.41) is 13.4. The zero-order valence-electron chi connectivity index (χ0n) is 11.1. The van der Waals surface area contributed by atoms with Crippen LogP contribution in [0, 0.1) is 20.6 Å². The van der Waals surface area contributed by atoms with Crippen LogP contribution in [0.2, 0.25) is 0 Å². The van der Waals surface area contributed by atoms with E-state index in [1.807, 2.05) is 22.6 Å². The summed E-state index contributed by atoms with van der Waals surface area (Å²) in [5.41, 5.74) is 0.543. The van der Waals surface area contributed by atoms with Gasteiger partial charge in [-0.25, -0.2) is 4.79 Å². The number of nitrogens with zero attached hydrogens (tertiary/aromatic N) is 1. The number of nitro groups is 1. The van der Waals surface area contributed by atoms with Crippen molar-refractivity contribution in [2.45, 2.75) is 33.3 Å². The molecule has 104 valence electrons. The van der Waals surface area contributed by atoms with Gasteiger partial charge in [0.05, 0.1) is 8.49 Å². The Hall–Kier alpha value is -1.38. The summed E-state index contributed by atoms with van der Waals surface area (Å²) in [4.78, 5) is 22.0. The summed E-state index contributed by atoms with van der Waals surface area (Å²) >= 11 is 1.86. The van der Waals surface area contributed by atoms with E-state index in [1.54, 1.807) is 33.8 Å². The molecule has 6 nitrogen and oxygen atoms in total. The molecule has 0 heterocycles. The number of carbonyl (C=O) groups is 1. The van der Waals surface area contributed by atoms with Gasteiger partial charge in [0.1, 0.15) is 5.60 Å². The number of rotatable bonds is 2. The van der Waals surface area contributed by atoms with Gasteiger partial charge in [0.15, 0.2) is 0 Å². The predicted molar refractivity (Wildman–Crippen MR) is 80.4 cm³/mol. The highest BCUT2D eigenvalue weighted by Crippen LogP contribution is 2.28. The number of nitro benzene ring substituents is 1. The molecule has 1 N–H and O–H groups in total. The van der Waals surface area contributed by atoms with Gasteiger partial charge < -0.3 is 4.74 Å². The van der Waals surface area contributed by atoms with Crippen molar-refractivity contribution in [2.24, 2.45) is 0 Å². The van der Waals surface area contributed by atoms with E-state index in [4.69, 9.17) is 4.74 Å². The highest BCUT2D eigenvalue weighted by Gasteiger charge is 2.19. The molecule has 7 heteroatoms. The summed E-state index contributed by atoms with van der Waals surface area (Å²) < 4.78 is 5.59. The summed E-state index contributed by atoms with van der Waals surface area (Å²) in [6.45, 7) is 6.98. The molecular weight excluding hydrogens is 363 g/mol. The quantitative estimate of drug-likeness (QED) is 0.482. The number of aryl methyl sites for hydroxylation is 1. The molecule has 1 amide bonds. The minimum atomic E-state index is -0.591. The first-order valence-electron chi connectivity index (χ1n) is 5.54. The minimum Gasteiger partial charge on any atom is -0.444 e. The van der Waals surface area contributed by atoms with E-state index in [0.29, 0.717) is 14.8 Å². The lowest BCUT2D eigenvalue weighted by Gasteiger charge is -2.20. The van der Waals surface area contributed by atoms with Crippen molar-refractivity contribution in [1.82, 2.24) is 0 Å². The topological polar surface area (TPSA) is 81.5 Å². The number of amides is 1. The number of hydrogen-bond donors (Lipinski definition) is 1. The Morgan fingerprint density at radius 3 is 2.47 bits per heavy atom. The minimum absolute atomic E-state index is 0.0211. The van der Waals surface area contributed by atoms with Gasteiger partial charge in [-0.2, -0.15) is 0 Å². The van der Waals surface area contributed by atoms with Gasteiger partial charge in [-0.3, -0.25) is 15.4 Å². The normalized spacial score (nSPS) is 11.0. The maximum Gasteiger partial charge on any atom is 0.412 e. The molecule has 19 heavy (non-hydrogen) atoms. The molecular formula is C12H15IN2O4. The van der Waals surface area contributed by atoms with Crippen LogP contribution in [0.25, 0.3) is 0 Å². The second kappa shape index (κ2) is 5.72. The van der Waals surface area contributed by atoms with Gasteiger partial charge in [0.25, 0.3) is 5.69 Å². The van der Waals surface area contributed by atoms with E-state index in [0.717, 1.165) is 0 Å². The summed E-state index contributed by atoms with van der Waals surface area (Å²) in [6, 6.07) is 2.98. The molecule has 0 aliphatic heterocycles. The summed E-state index contributed by atoms with van der Waals surface area (Å²) in [6.07, 6.45) is -0.583. The fourth-order valence-electron chi connectivity index (χ4n) is 1.35. The van der Waals surface area contributed by atoms with Gasteiger partial charge in [0, 0.05) is 11.8 Å². The molecule has 1 rings (SSSR count). The Labute approximate surface area is 124 Å². The third-order valence-electron chi connectivity index (χ3n) is 2.13. The summed E-state index contributed by atoms with van der Waals surface area (Å²) in [7, 11) is 0. The van der Waals surface area contributed by atoms with Crippen molar-refractivity contribution in [3.05, 3.63) is 31.4 Å². The van der Waals surface area contributed by atoms with Crippen molar-refractivity contribution in [3.8, 4) is 0 Å². The molecule has 1 aromatic rings. The fourth-order valence-corrected chi connectivity index (χ4v) is 2.02. The van der Waals surface area contributed by atoms with Gasteiger partial charge >= 0.3 is 6.09 Å². The first-order valence-corrected chi connectivity index (χ1v) is 6.62. The van der Waals surface area contributed by atoms with Crippen LogP contribution in [-0.4, -0.2) is 16.6 Å². The van der Waals surface area contributed by atoms with Crippen LogP contribution in [0.1, 0.15) is 26.3 Å². The van der Waals surface area contributed by atoms with E-state index >= 15 is 0 Å². The SMILES string of the molecule is Cc1cc([N+](=O)[O-])c(I)cc1NC(=O)OC(C)(C)C. The molecule has 0 saturated heterocycles. The van der Waals surface area contributed by atoms with E-state index in [9.17, 15) is 14.9 Å². The summed E-state index contributed by atoms with van der Waals surface area (Å²) in [5.74, 6) is 0. The van der Waals surface area contributed by atoms with E-state index in [2.05, 4.69) is 5.32 Å². The zero-order chi connectivity index (χ0) is 14.8. The third-order valence-corrected chi connectivity index (χ3v) is 2.99. The maximum absolute atomic E-state index is 11.6. The highest BCUT2D eigenvalue weighted by atomic mass is 127. The van der Waals surface area contributed by atoms with Crippen molar-refractivity contribution in [2.75, 3.05) is 5.32 Å². The lowest BCUT2D eigenvalue weighted by atomic mass is 10.2. The molecule has 0 fully saturated rings. The second-order valence-electron chi connectivity index (χ2n) is 5.00. The van der Waals surface area contributed by atoms with Gasteiger partial charge in [-0.05, 0) is 61.9 Å². The number of anilines is 1. The van der Waals surface area contributed by atoms with Crippen LogP contribution < -0.4 is 5.32 Å². The van der Waals surface area contributed by atoms with E-state index in [-0.39, 0.29) is 5.69 Å². The van der Waals surface area contributed by atoms with E-state index < -0.39 is 16.6 Å². The number of carbonyl (C=O) groups excluding carboxylic acids is 1. The molecule has 0 aliphatic carbocycles. The Morgan fingerprint density at radius 2 is 2.00 bits per heavy atom. The van der Waals surface area contributed by atoms with Crippen LogP contribution in [0.5, 0.6) is 0 Å². The van der Waals surface area contributed by atoms with E-state index in [1.165, 1.54) is 6.07 Å². The van der Waals surface area contributed by atoms with Crippen LogP contribution in [0.3, 0.4) is 0 Å². The van der Waals surface area contributed by atoms with Gasteiger partial charge in [0.2, 0.25) is 0 Å². The van der Waals surface area contributed by atoms with Crippen molar-refractivity contribution >= 4 is 40.1 Å². The monoisotopic (exact) mass is 378 g/mol. The number of nitrogens with one attached hydrogen (secondary N) is 1. The molecule has 0 spiro atoms. The largest absolute Gasteiger partial charge is 0.444 e. The highest BCUT2D eigenvalue weighted by molar-refractivity contribution is 14.1. The van der Waals surface area contributed by atoms with Crippen molar-refractivity contribution < 1.29 is 14.5 Å². The lowest BCUT2D eigenvalue weighted by Crippen LogP contribution is -2.27. The molecule has 0 aliphatic rings. The van der Waals surface area contributed by atoms with Crippen LogP contribution in [0.15, 0.2) is 12.1 Å². The molecule has 0 saturated carbocycles. The van der Waals surface area contributed by atoms with Crippen molar-refractivity contribution in [1.29, 1.82) is 0 Å². The fraction of sp³-hybridized carbons (Fsp3) is 0.417. The number of halogens is 1. The van der Waals surface area contributed by atoms with Crippen LogP contribution >= 0.6 is 22.6 Å². The standard InChI is InChI=1S/C12H15IN2O4/c1-7-5-10(15(17)18)8(13)6-9(7)14-11(16)19-12(2,3)4/h5-6H,1-4H3,(H,14,16). The Kier molecular flexibility index (Phi) is 4.72.